The van der Waals surface area contributed by atoms with E-state index in [-0.39, 0.29) is 0 Å². The van der Waals surface area contributed by atoms with Gasteiger partial charge in [0, 0.05) is 24.2 Å². The van der Waals surface area contributed by atoms with Gasteiger partial charge in [-0.25, -0.2) is 0 Å². The average molecular weight is 205 g/mol. The van der Waals surface area contributed by atoms with E-state index in [2.05, 4.69) is 16.8 Å². The highest BCUT2D eigenvalue weighted by Crippen LogP contribution is 2.46. The lowest BCUT2D eigenvalue weighted by atomic mass is 9.84. The van der Waals surface area contributed by atoms with Gasteiger partial charge in [0.15, 0.2) is 0 Å². The Bertz CT molecular complexity index is 376. The predicted octanol–water partition coefficient (Wildman–Crippen LogP) is 1.68. The molecule has 1 aromatic heterocycles. The van der Waals surface area contributed by atoms with Gasteiger partial charge in [-0.15, -0.1) is 0 Å². The highest BCUT2D eigenvalue weighted by molar-refractivity contribution is 5.37. The van der Waals surface area contributed by atoms with Crippen molar-refractivity contribution in [3.05, 3.63) is 17.0 Å². The Morgan fingerprint density at radius 1 is 1.40 bits per heavy atom. The summed E-state index contributed by atoms with van der Waals surface area (Å²) in [7, 11) is 2.10. The first-order chi connectivity index (χ1) is 7.31. The Morgan fingerprint density at radius 3 is 2.87 bits per heavy atom. The molecule has 0 aliphatic heterocycles. The van der Waals surface area contributed by atoms with Crippen LogP contribution in [0.5, 0.6) is 0 Å². The number of hydrogen-bond donors (Lipinski definition) is 1. The number of nitrogens with two attached hydrogens (primary N) is 1. The summed E-state index contributed by atoms with van der Waals surface area (Å²) in [6, 6.07) is 0. The van der Waals surface area contributed by atoms with Crippen LogP contribution in [0.2, 0.25) is 0 Å². The molecule has 15 heavy (non-hydrogen) atoms. The monoisotopic (exact) mass is 205 g/mol. The van der Waals surface area contributed by atoms with Crippen molar-refractivity contribution < 1.29 is 0 Å². The van der Waals surface area contributed by atoms with E-state index in [9.17, 15) is 0 Å². The van der Waals surface area contributed by atoms with Gasteiger partial charge in [0.25, 0.3) is 0 Å². The van der Waals surface area contributed by atoms with Crippen LogP contribution in [0.15, 0.2) is 0 Å². The number of rotatable bonds is 2. The molecule has 3 heteroatoms. The molecule has 0 aromatic carbocycles. The summed E-state index contributed by atoms with van der Waals surface area (Å²) >= 11 is 0. The molecular weight excluding hydrogens is 186 g/mol. The Morgan fingerprint density at radius 2 is 2.20 bits per heavy atom. The van der Waals surface area contributed by atoms with E-state index in [1.807, 2.05) is 0 Å². The minimum atomic E-state index is 0.582. The molecule has 1 saturated carbocycles. The first kappa shape index (κ1) is 9.40. The molecule has 0 spiro atoms. The number of fused-ring (bicyclic) bond motifs is 1. The summed E-state index contributed by atoms with van der Waals surface area (Å²) in [6.45, 7) is 0.790. The fourth-order valence-electron chi connectivity index (χ4n) is 2.98. The van der Waals surface area contributed by atoms with Crippen molar-refractivity contribution in [1.82, 2.24) is 9.78 Å². The van der Waals surface area contributed by atoms with Gasteiger partial charge in [0.2, 0.25) is 0 Å². The highest BCUT2D eigenvalue weighted by atomic mass is 15.3. The molecule has 82 valence electrons. The van der Waals surface area contributed by atoms with Crippen LogP contribution < -0.4 is 5.73 Å². The molecule has 0 bridgehead atoms. The Balaban J connectivity index is 2.09. The zero-order chi connectivity index (χ0) is 10.4. The fourth-order valence-corrected chi connectivity index (χ4v) is 2.98. The molecule has 0 saturated heterocycles. The second-order valence-electron chi connectivity index (χ2n) is 4.97. The number of aryl methyl sites for hydroxylation is 2. The van der Waals surface area contributed by atoms with Gasteiger partial charge in [0.1, 0.15) is 0 Å². The number of hydrogen-bond acceptors (Lipinski definition) is 2. The van der Waals surface area contributed by atoms with Gasteiger partial charge in [-0.2, -0.15) is 5.10 Å². The van der Waals surface area contributed by atoms with Crippen LogP contribution in [0.1, 0.15) is 54.5 Å². The normalized spacial score (nSPS) is 25.3. The molecule has 0 radical (unpaired) electrons. The van der Waals surface area contributed by atoms with E-state index in [0.29, 0.717) is 5.92 Å². The van der Waals surface area contributed by atoms with E-state index >= 15 is 0 Å². The van der Waals surface area contributed by atoms with Crippen LogP contribution in [0.3, 0.4) is 0 Å². The first-order valence-corrected chi connectivity index (χ1v) is 6.07. The molecule has 3 rings (SSSR count). The van der Waals surface area contributed by atoms with Crippen molar-refractivity contribution in [2.24, 2.45) is 12.8 Å². The second kappa shape index (κ2) is 3.34. The molecule has 2 aliphatic carbocycles. The highest BCUT2D eigenvalue weighted by Gasteiger charge is 2.35. The third kappa shape index (κ3) is 1.41. The zero-order valence-corrected chi connectivity index (χ0v) is 9.37. The van der Waals surface area contributed by atoms with Crippen LogP contribution in [-0.4, -0.2) is 16.3 Å². The largest absolute Gasteiger partial charge is 0.330 e. The maximum atomic E-state index is 5.88. The predicted molar refractivity (Wildman–Crippen MR) is 59.9 cm³/mol. The molecule has 1 fully saturated rings. The minimum Gasteiger partial charge on any atom is -0.330 e. The summed E-state index contributed by atoms with van der Waals surface area (Å²) in [5.74, 6) is 1.37. The smallest absolute Gasteiger partial charge is 0.0662 e. The zero-order valence-electron chi connectivity index (χ0n) is 9.37. The first-order valence-electron chi connectivity index (χ1n) is 6.07. The molecule has 3 nitrogen and oxygen atoms in total. The Hall–Kier alpha value is -0.830. The standard InChI is InChI=1S/C12H19N3/c1-15-12(8-5-6-8)11-9(7-13)3-2-4-10(11)14-15/h8-9H,2-7,13H2,1H3. The third-order valence-electron chi connectivity index (χ3n) is 3.83. The van der Waals surface area contributed by atoms with Gasteiger partial charge >= 0.3 is 0 Å². The van der Waals surface area contributed by atoms with Crippen LogP contribution in [0.4, 0.5) is 0 Å². The minimum absolute atomic E-state index is 0.582. The van der Waals surface area contributed by atoms with E-state index in [1.165, 1.54) is 42.6 Å². The van der Waals surface area contributed by atoms with Crippen molar-refractivity contribution in [2.45, 2.75) is 43.9 Å². The number of nitrogens with zero attached hydrogens (tertiary/aromatic N) is 2. The summed E-state index contributed by atoms with van der Waals surface area (Å²) in [4.78, 5) is 0. The van der Waals surface area contributed by atoms with Gasteiger partial charge in [-0.1, -0.05) is 0 Å². The Kier molecular flexibility index (Phi) is 2.09. The van der Waals surface area contributed by atoms with Crippen LogP contribution in [-0.2, 0) is 13.5 Å². The van der Waals surface area contributed by atoms with Crippen molar-refractivity contribution in [2.75, 3.05) is 6.54 Å². The van der Waals surface area contributed by atoms with Gasteiger partial charge < -0.3 is 5.73 Å². The topological polar surface area (TPSA) is 43.8 Å². The van der Waals surface area contributed by atoms with Crippen LogP contribution in [0, 0.1) is 0 Å². The molecule has 1 heterocycles. The van der Waals surface area contributed by atoms with E-state index in [1.54, 1.807) is 0 Å². The summed E-state index contributed by atoms with van der Waals surface area (Å²) in [6.07, 6.45) is 6.38. The molecular formula is C12H19N3. The lowest BCUT2D eigenvalue weighted by molar-refractivity contribution is 0.553. The third-order valence-corrected chi connectivity index (χ3v) is 3.83. The number of aromatic nitrogens is 2. The van der Waals surface area contributed by atoms with E-state index < -0.39 is 0 Å². The van der Waals surface area contributed by atoms with Gasteiger partial charge in [0.05, 0.1) is 5.69 Å². The average Bonchev–Trinajstić information content (AvgIpc) is 3.00. The molecule has 0 amide bonds. The summed E-state index contributed by atoms with van der Waals surface area (Å²) in [5.41, 5.74) is 10.2. The SMILES string of the molecule is Cn1nc2c(c1C1CC1)C(CN)CCC2. The molecule has 1 atom stereocenters. The molecule has 1 aromatic rings. The van der Waals surface area contributed by atoms with E-state index in [4.69, 9.17) is 5.73 Å². The van der Waals surface area contributed by atoms with Gasteiger partial charge in [-0.3, -0.25) is 4.68 Å². The van der Waals surface area contributed by atoms with Gasteiger partial charge in [-0.05, 0) is 44.6 Å². The summed E-state index contributed by atoms with van der Waals surface area (Å²) < 4.78 is 2.12. The van der Waals surface area contributed by atoms with E-state index in [0.717, 1.165) is 18.9 Å². The molecule has 1 unspecified atom stereocenters. The quantitative estimate of drug-likeness (QED) is 0.798. The fraction of sp³-hybridized carbons (Fsp3) is 0.750. The maximum Gasteiger partial charge on any atom is 0.0662 e. The Labute approximate surface area is 90.7 Å². The van der Waals surface area contributed by atoms with Crippen LogP contribution >= 0.6 is 0 Å². The summed E-state index contributed by atoms with van der Waals surface area (Å²) in [5, 5.41) is 4.67. The lowest BCUT2D eigenvalue weighted by Crippen LogP contribution is -2.18. The second-order valence-corrected chi connectivity index (χ2v) is 4.97. The molecule has 2 aliphatic rings. The van der Waals surface area contributed by atoms with Crippen molar-refractivity contribution in [3.8, 4) is 0 Å². The van der Waals surface area contributed by atoms with Crippen molar-refractivity contribution in [3.63, 3.8) is 0 Å². The lowest BCUT2D eigenvalue weighted by Gasteiger charge is -2.21. The van der Waals surface area contributed by atoms with Crippen molar-refractivity contribution in [1.29, 1.82) is 0 Å². The van der Waals surface area contributed by atoms with Crippen molar-refractivity contribution >= 4 is 0 Å². The maximum absolute atomic E-state index is 5.88. The van der Waals surface area contributed by atoms with Crippen LogP contribution in [0.25, 0.3) is 0 Å². The molecule has 2 N–H and O–H groups in total.